The molecule has 4 heteroatoms. The van der Waals surface area contributed by atoms with Gasteiger partial charge in [0.25, 0.3) is 5.91 Å². The van der Waals surface area contributed by atoms with Gasteiger partial charge in [-0.2, -0.15) is 0 Å². The van der Waals surface area contributed by atoms with E-state index in [0.29, 0.717) is 10.8 Å². The molecular weight excluding hydrogens is 310 g/mol. The van der Waals surface area contributed by atoms with E-state index in [9.17, 15) is 4.79 Å². The highest BCUT2D eigenvalue weighted by Gasteiger charge is 2.13. The molecule has 1 amide bonds. The molecule has 1 N–H and O–H groups in total. The van der Waals surface area contributed by atoms with E-state index < -0.39 is 0 Å². The minimum absolute atomic E-state index is 0.00406. The van der Waals surface area contributed by atoms with Gasteiger partial charge >= 0.3 is 0 Å². The fraction of sp³-hybridized carbons (Fsp3) is 0.316. The molecule has 2 aromatic rings. The predicted octanol–water partition coefficient (Wildman–Crippen LogP) is 4.60. The molecule has 0 radical (unpaired) electrons. The summed E-state index contributed by atoms with van der Waals surface area (Å²) in [5.41, 5.74) is 3.60. The van der Waals surface area contributed by atoms with Crippen LogP contribution in [0.5, 0.6) is 5.75 Å². The smallest absolute Gasteiger partial charge is 0.258 e. The van der Waals surface area contributed by atoms with E-state index in [4.69, 9.17) is 16.3 Å². The first-order valence-corrected chi connectivity index (χ1v) is 8.12. The van der Waals surface area contributed by atoms with Crippen molar-refractivity contribution in [1.29, 1.82) is 0 Å². The normalized spacial score (nSPS) is 11.8. The lowest BCUT2D eigenvalue weighted by Gasteiger charge is -2.19. The van der Waals surface area contributed by atoms with Crippen LogP contribution in [0.25, 0.3) is 0 Å². The summed E-state index contributed by atoms with van der Waals surface area (Å²) in [7, 11) is 0. The zero-order valence-corrected chi connectivity index (χ0v) is 14.5. The Morgan fingerprint density at radius 2 is 1.83 bits per heavy atom. The van der Waals surface area contributed by atoms with Gasteiger partial charge in [-0.15, -0.1) is 0 Å². The first kappa shape index (κ1) is 17.4. The van der Waals surface area contributed by atoms with Crippen molar-refractivity contribution in [1.82, 2.24) is 5.32 Å². The van der Waals surface area contributed by atoms with E-state index in [1.807, 2.05) is 0 Å². The van der Waals surface area contributed by atoms with Gasteiger partial charge in [-0.05, 0) is 61.2 Å². The van der Waals surface area contributed by atoms with Gasteiger partial charge in [-0.25, -0.2) is 0 Å². The average molecular weight is 332 g/mol. The largest absolute Gasteiger partial charge is 0.484 e. The van der Waals surface area contributed by atoms with Crippen LogP contribution in [0.4, 0.5) is 0 Å². The minimum atomic E-state index is -0.134. The standard InChI is InChI=1S/C19H22ClNO2/c1-4-18(15-6-5-13(2)14(3)11-15)21-19(22)12-23-17-9-7-16(20)8-10-17/h5-11,18H,4,12H2,1-3H3,(H,21,22)/t18-/m0/s1. The van der Waals surface area contributed by atoms with Crippen LogP contribution in [0.2, 0.25) is 5.02 Å². The van der Waals surface area contributed by atoms with Crippen molar-refractivity contribution in [2.75, 3.05) is 6.61 Å². The summed E-state index contributed by atoms with van der Waals surface area (Å²) < 4.78 is 5.48. The summed E-state index contributed by atoms with van der Waals surface area (Å²) in [5, 5.41) is 3.66. The van der Waals surface area contributed by atoms with Crippen LogP contribution in [-0.2, 0) is 4.79 Å². The van der Waals surface area contributed by atoms with Crippen molar-refractivity contribution in [3.63, 3.8) is 0 Å². The maximum atomic E-state index is 12.1. The lowest BCUT2D eigenvalue weighted by atomic mass is 9.99. The second kappa shape index (κ2) is 8.02. The average Bonchev–Trinajstić information content (AvgIpc) is 2.55. The van der Waals surface area contributed by atoms with Gasteiger partial charge in [0.1, 0.15) is 5.75 Å². The molecule has 23 heavy (non-hydrogen) atoms. The quantitative estimate of drug-likeness (QED) is 0.839. The van der Waals surface area contributed by atoms with Crippen molar-refractivity contribution >= 4 is 17.5 Å². The second-order valence-corrected chi connectivity index (χ2v) is 6.05. The Kier molecular flexibility index (Phi) is 6.05. The third-order valence-corrected chi connectivity index (χ3v) is 4.11. The Morgan fingerprint density at radius 3 is 2.43 bits per heavy atom. The van der Waals surface area contributed by atoms with Gasteiger partial charge in [0.05, 0.1) is 6.04 Å². The van der Waals surface area contributed by atoms with Crippen molar-refractivity contribution in [3.8, 4) is 5.75 Å². The first-order chi connectivity index (χ1) is 11.0. The Labute approximate surface area is 142 Å². The molecule has 0 aliphatic rings. The van der Waals surface area contributed by atoms with Gasteiger partial charge in [-0.1, -0.05) is 36.7 Å². The zero-order valence-electron chi connectivity index (χ0n) is 13.7. The molecule has 122 valence electrons. The summed E-state index contributed by atoms with van der Waals surface area (Å²) in [6.45, 7) is 6.21. The molecule has 0 heterocycles. The summed E-state index contributed by atoms with van der Waals surface area (Å²) >= 11 is 5.82. The van der Waals surface area contributed by atoms with E-state index >= 15 is 0 Å². The van der Waals surface area contributed by atoms with E-state index in [1.165, 1.54) is 11.1 Å². The number of ether oxygens (including phenoxy) is 1. The summed E-state index contributed by atoms with van der Waals surface area (Å²) in [4.78, 5) is 12.1. The maximum Gasteiger partial charge on any atom is 0.258 e. The van der Waals surface area contributed by atoms with Gasteiger partial charge in [0.15, 0.2) is 6.61 Å². The molecule has 2 rings (SSSR count). The number of carbonyl (C=O) groups is 1. The molecule has 0 aliphatic heterocycles. The van der Waals surface area contributed by atoms with Crippen LogP contribution in [-0.4, -0.2) is 12.5 Å². The van der Waals surface area contributed by atoms with Crippen LogP contribution in [0.15, 0.2) is 42.5 Å². The third kappa shape index (κ3) is 5.00. The molecule has 0 fully saturated rings. The first-order valence-electron chi connectivity index (χ1n) is 7.74. The highest BCUT2D eigenvalue weighted by molar-refractivity contribution is 6.30. The highest BCUT2D eigenvalue weighted by Crippen LogP contribution is 2.20. The molecule has 0 aliphatic carbocycles. The molecule has 0 aromatic heterocycles. The SMILES string of the molecule is CC[C@H](NC(=O)COc1ccc(Cl)cc1)c1ccc(C)c(C)c1. The van der Waals surface area contributed by atoms with E-state index in [2.05, 4.69) is 44.3 Å². The molecule has 0 unspecified atom stereocenters. The van der Waals surface area contributed by atoms with E-state index in [0.717, 1.165) is 12.0 Å². The lowest BCUT2D eigenvalue weighted by Crippen LogP contribution is -2.32. The topological polar surface area (TPSA) is 38.3 Å². The van der Waals surface area contributed by atoms with Crippen LogP contribution in [0, 0.1) is 13.8 Å². The molecule has 0 bridgehead atoms. The number of amides is 1. The number of hydrogen-bond acceptors (Lipinski definition) is 2. The van der Waals surface area contributed by atoms with Crippen LogP contribution in [0.3, 0.4) is 0 Å². The summed E-state index contributed by atoms with van der Waals surface area (Å²) in [6, 6.07) is 13.2. The van der Waals surface area contributed by atoms with E-state index in [-0.39, 0.29) is 18.6 Å². The Balaban J connectivity index is 1.94. The molecule has 1 atom stereocenters. The van der Waals surface area contributed by atoms with Gasteiger partial charge in [-0.3, -0.25) is 4.79 Å². The Morgan fingerprint density at radius 1 is 1.13 bits per heavy atom. The Hall–Kier alpha value is -2.00. The molecule has 0 spiro atoms. The highest BCUT2D eigenvalue weighted by atomic mass is 35.5. The van der Waals surface area contributed by atoms with Crippen LogP contribution in [0.1, 0.15) is 36.1 Å². The molecular formula is C19H22ClNO2. The van der Waals surface area contributed by atoms with Crippen molar-refractivity contribution in [2.45, 2.75) is 33.2 Å². The van der Waals surface area contributed by atoms with Crippen molar-refractivity contribution in [2.24, 2.45) is 0 Å². The van der Waals surface area contributed by atoms with Crippen LogP contribution < -0.4 is 10.1 Å². The molecule has 0 saturated carbocycles. The second-order valence-electron chi connectivity index (χ2n) is 5.61. The number of halogens is 1. The third-order valence-electron chi connectivity index (χ3n) is 3.86. The fourth-order valence-electron chi connectivity index (χ4n) is 2.32. The summed E-state index contributed by atoms with van der Waals surface area (Å²) in [5.74, 6) is 0.494. The lowest BCUT2D eigenvalue weighted by molar-refractivity contribution is -0.123. The van der Waals surface area contributed by atoms with Crippen molar-refractivity contribution < 1.29 is 9.53 Å². The fourth-order valence-corrected chi connectivity index (χ4v) is 2.44. The number of hydrogen-bond donors (Lipinski definition) is 1. The maximum absolute atomic E-state index is 12.1. The number of aryl methyl sites for hydroxylation is 2. The molecule has 3 nitrogen and oxygen atoms in total. The number of carbonyl (C=O) groups excluding carboxylic acids is 1. The van der Waals surface area contributed by atoms with Gasteiger partial charge < -0.3 is 10.1 Å². The number of benzene rings is 2. The monoisotopic (exact) mass is 331 g/mol. The zero-order chi connectivity index (χ0) is 16.8. The van der Waals surface area contributed by atoms with Gasteiger partial charge in [0.2, 0.25) is 0 Å². The van der Waals surface area contributed by atoms with E-state index in [1.54, 1.807) is 24.3 Å². The van der Waals surface area contributed by atoms with Gasteiger partial charge in [0, 0.05) is 5.02 Å². The number of nitrogens with one attached hydrogen (secondary N) is 1. The Bertz CT molecular complexity index is 668. The molecule has 0 saturated heterocycles. The molecule has 2 aromatic carbocycles. The minimum Gasteiger partial charge on any atom is -0.484 e. The predicted molar refractivity (Wildman–Crippen MR) is 94.0 cm³/mol. The van der Waals surface area contributed by atoms with Crippen LogP contribution >= 0.6 is 11.6 Å². The summed E-state index contributed by atoms with van der Waals surface area (Å²) in [6.07, 6.45) is 0.829. The van der Waals surface area contributed by atoms with Crippen molar-refractivity contribution in [3.05, 3.63) is 64.2 Å². The number of rotatable bonds is 6.